The van der Waals surface area contributed by atoms with E-state index in [2.05, 4.69) is 0 Å². The van der Waals surface area contributed by atoms with Gasteiger partial charge in [-0.05, 0) is 37.0 Å². The lowest BCUT2D eigenvalue weighted by molar-refractivity contribution is 0.129. The van der Waals surface area contributed by atoms with Crippen molar-refractivity contribution in [2.75, 3.05) is 13.1 Å². The minimum Gasteiger partial charge on any atom is -0.393 e. The van der Waals surface area contributed by atoms with E-state index in [9.17, 15) is 17.9 Å². The Kier molecular flexibility index (Phi) is 3.52. The van der Waals surface area contributed by atoms with Crippen molar-refractivity contribution >= 4 is 21.6 Å². The van der Waals surface area contributed by atoms with Crippen LogP contribution in [0.3, 0.4) is 0 Å². The highest BCUT2D eigenvalue weighted by atomic mass is 35.5. The van der Waals surface area contributed by atoms with Crippen LogP contribution in [0.1, 0.15) is 12.8 Å². The fraction of sp³-hybridized carbons (Fsp3) is 0.538. The third kappa shape index (κ3) is 2.24. The van der Waals surface area contributed by atoms with Crippen LogP contribution < -0.4 is 0 Å². The molecule has 0 aromatic heterocycles. The third-order valence-electron chi connectivity index (χ3n) is 4.30. The van der Waals surface area contributed by atoms with Crippen LogP contribution >= 0.6 is 11.6 Å². The van der Waals surface area contributed by atoms with Crippen molar-refractivity contribution in [3.05, 3.63) is 29.0 Å². The van der Waals surface area contributed by atoms with Gasteiger partial charge in [-0.25, -0.2) is 12.8 Å². The Morgan fingerprint density at radius 2 is 2.05 bits per heavy atom. The lowest BCUT2D eigenvalue weighted by atomic mass is 10.00. The van der Waals surface area contributed by atoms with Crippen LogP contribution in [0.25, 0.3) is 0 Å². The van der Waals surface area contributed by atoms with Crippen molar-refractivity contribution in [1.29, 1.82) is 0 Å². The van der Waals surface area contributed by atoms with Crippen molar-refractivity contribution in [2.24, 2.45) is 11.8 Å². The number of aliphatic hydroxyl groups is 1. The average Bonchev–Trinajstić information content (AvgIpc) is 2.95. The van der Waals surface area contributed by atoms with Gasteiger partial charge < -0.3 is 5.11 Å². The standard InChI is InChI=1S/C13H15ClFNO3S/c14-11-3-2-9(15)5-13(11)20(18,19)16-6-8-1-4-12(17)10(8)7-16/h2-3,5,8,10,12,17H,1,4,6-7H2. The highest BCUT2D eigenvalue weighted by molar-refractivity contribution is 7.89. The van der Waals surface area contributed by atoms with Crippen molar-refractivity contribution < 1.29 is 17.9 Å². The van der Waals surface area contributed by atoms with E-state index in [0.717, 1.165) is 25.0 Å². The second-order valence-corrected chi connectivity index (χ2v) is 7.78. The number of nitrogens with zero attached hydrogens (tertiary/aromatic N) is 1. The fourth-order valence-corrected chi connectivity index (χ4v) is 5.23. The summed E-state index contributed by atoms with van der Waals surface area (Å²) in [5, 5.41) is 9.86. The van der Waals surface area contributed by atoms with Gasteiger partial charge in [0.05, 0.1) is 11.1 Å². The molecule has 20 heavy (non-hydrogen) atoms. The zero-order valence-electron chi connectivity index (χ0n) is 10.7. The highest BCUT2D eigenvalue weighted by Gasteiger charge is 2.46. The second-order valence-electron chi connectivity index (χ2n) is 5.47. The van der Waals surface area contributed by atoms with Crippen molar-refractivity contribution in [2.45, 2.75) is 23.8 Å². The Bertz CT molecular complexity index is 637. The summed E-state index contributed by atoms with van der Waals surface area (Å²) in [6, 6.07) is 3.32. The first-order valence-electron chi connectivity index (χ1n) is 6.53. The number of rotatable bonds is 2. The molecule has 0 bridgehead atoms. The zero-order chi connectivity index (χ0) is 14.5. The Morgan fingerprint density at radius 1 is 1.30 bits per heavy atom. The van der Waals surface area contributed by atoms with E-state index in [1.165, 1.54) is 10.4 Å². The molecule has 0 amide bonds. The number of halogens is 2. The molecule has 0 radical (unpaired) electrons. The van der Waals surface area contributed by atoms with Crippen LogP contribution in [-0.4, -0.2) is 37.0 Å². The normalized spacial score (nSPS) is 30.6. The lowest BCUT2D eigenvalue weighted by Crippen LogP contribution is -2.31. The summed E-state index contributed by atoms with van der Waals surface area (Å²) in [4.78, 5) is -0.200. The van der Waals surface area contributed by atoms with Crippen LogP contribution in [0.15, 0.2) is 23.1 Å². The lowest BCUT2D eigenvalue weighted by Gasteiger charge is -2.19. The molecule has 4 nitrogen and oxygen atoms in total. The zero-order valence-corrected chi connectivity index (χ0v) is 12.2. The molecule has 2 aliphatic rings. The summed E-state index contributed by atoms with van der Waals surface area (Å²) in [5.74, 6) is -0.461. The predicted octanol–water partition coefficient (Wildman–Crippen LogP) is 1.87. The van der Waals surface area contributed by atoms with E-state index in [1.54, 1.807) is 0 Å². The molecule has 1 heterocycles. The van der Waals surface area contributed by atoms with E-state index in [0.29, 0.717) is 6.54 Å². The molecule has 1 aromatic rings. The second kappa shape index (κ2) is 4.94. The van der Waals surface area contributed by atoms with Crippen LogP contribution in [-0.2, 0) is 10.0 Å². The van der Waals surface area contributed by atoms with Gasteiger partial charge in [0, 0.05) is 19.0 Å². The molecule has 1 aromatic carbocycles. The van der Waals surface area contributed by atoms with Gasteiger partial charge in [0.2, 0.25) is 10.0 Å². The van der Waals surface area contributed by atoms with Crippen LogP contribution in [0, 0.1) is 17.7 Å². The topological polar surface area (TPSA) is 57.6 Å². The smallest absolute Gasteiger partial charge is 0.244 e. The summed E-state index contributed by atoms with van der Waals surface area (Å²) in [6.07, 6.45) is 1.11. The van der Waals surface area contributed by atoms with E-state index < -0.39 is 21.9 Å². The van der Waals surface area contributed by atoms with Crippen LogP contribution in [0.4, 0.5) is 4.39 Å². The Balaban J connectivity index is 1.92. The summed E-state index contributed by atoms with van der Waals surface area (Å²) >= 11 is 5.89. The molecule has 110 valence electrons. The number of hydrogen-bond acceptors (Lipinski definition) is 3. The van der Waals surface area contributed by atoms with Gasteiger partial charge in [-0.2, -0.15) is 4.31 Å². The first-order valence-corrected chi connectivity index (χ1v) is 8.34. The van der Waals surface area contributed by atoms with E-state index in [1.807, 2.05) is 0 Å². The van der Waals surface area contributed by atoms with E-state index in [4.69, 9.17) is 11.6 Å². The maximum atomic E-state index is 13.3. The van der Waals surface area contributed by atoms with Gasteiger partial charge in [0.25, 0.3) is 0 Å². The highest BCUT2D eigenvalue weighted by Crippen LogP contribution is 2.40. The molecule has 7 heteroatoms. The van der Waals surface area contributed by atoms with Crippen molar-refractivity contribution in [3.8, 4) is 0 Å². The Labute approximate surface area is 122 Å². The molecule has 1 aliphatic carbocycles. The van der Waals surface area contributed by atoms with E-state index >= 15 is 0 Å². The largest absolute Gasteiger partial charge is 0.393 e. The average molecular weight is 320 g/mol. The summed E-state index contributed by atoms with van der Waals surface area (Å²) in [6.45, 7) is 0.651. The fourth-order valence-electron chi connectivity index (χ4n) is 3.21. The first-order chi connectivity index (χ1) is 9.39. The number of aliphatic hydroxyl groups excluding tert-OH is 1. The van der Waals surface area contributed by atoms with Crippen molar-refractivity contribution in [3.63, 3.8) is 0 Å². The molecule has 3 rings (SSSR count). The number of fused-ring (bicyclic) bond motifs is 1. The molecular weight excluding hydrogens is 305 g/mol. The molecule has 1 aliphatic heterocycles. The maximum absolute atomic E-state index is 13.3. The molecule has 1 saturated heterocycles. The van der Waals surface area contributed by atoms with Gasteiger partial charge >= 0.3 is 0 Å². The van der Waals surface area contributed by atoms with Gasteiger partial charge in [0.15, 0.2) is 0 Å². The Hall–Kier alpha value is -0.690. The number of hydrogen-bond donors (Lipinski definition) is 1. The van der Waals surface area contributed by atoms with Crippen LogP contribution in [0.5, 0.6) is 0 Å². The summed E-state index contributed by atoms with van der Waals surface area (Å²) < 4.78 is 39.7. The van der Waals surface area contributed by atoms with Crippen molar-refractivity contribution in [1.82, 2.24) is 4.31 Å². The summed E-state index contributed by atoms with van der Waals surface area (Å²) in [5.41, 5.74) is 0. The number of sulfonamides is 1. The molecule has 1 N–H and O–H groups in total. The maximum Gasteiger partial charge on any atom is 0.244 e. The quantitative estimate of drug-likeness (QED) is 0.905. The summed E-state index contributed by atoms with van der Waals surface area (Å²) in [7, 11) is -3.81. The minimum atomic E-state index is -3.81. The van der Waals surface area contributed by atoms with Gasteiger partial charge in [-0.1, -0.05) is 11.6 Å². The third-order valence-corrected chi connectivity index (χ3v) is 6.61. The number of benzene rings is 1. The molecule has 2 fully saturated rings. The molecule has 1 saturated carbocycles. The van der Waals surface area contributed by atoms with Gasteiger partial charge in [-0.15, -0.1) is 0 Å². The Morgan fingerprint density at radius 3 is 2.75 bits per heavy atom. The molecule has 3 atom stereocenters. The molecular formula is C13H15ClFNO3S. The molecule has 3 unspecified atom stereocenters. The predicted molar refractivity (Wildman–Crippen MR) is 72.4 cm³/mol. The molecule has 0 spiro atoms. The van der Waals surface area contributed by atoms with Crippen LogP contribution in [0.2, 0.25) is 5.02 Å². The van der Waals surface area contributed by atoms with Gasteiger partial charge in [0.1, 0.15) is 10.7 Å². The first kappa shape index (κ1) is 14.3. The SMILES string of the molecule is O=S(=O)(c1cc(F)ccc1Cl)N1CC2CCC(O)C2C1. The minimum absolute atomic E-state index is 0.0166. The van der Waals surface area contributed by atoms with E-state index in [-0.39, 0.29) is 28.3 Å². The van der Waals surface area contributed by atoms with Gasteiger partial charge in [-0.3, -0.25) is 0 Å². The monoisotopic (exact) mass is 319 g/mol.